The van der Waals surface area contributed by atoms with Gasteiger partial charge in [-0.2, -0.15) is 0 Å². The highest BCUT2D eigenvalue weighted by Gasteiger charge is 2.33. The van der Waals surface area contributed by atoms with Gasteiger partial charge in [-0.3, -0.25) is 9.59 Å². The number of thiazole rings is 1. The van der Waals surface area contributed by atoms with Gasteiger partial charge in [0.05, 0.1) is 5.69 Å². The molecular formula is C23H29N3O2S. The Morgan fingerprint density at radius 2 is 1.76 bits per heavy atom. The normalized spacial score (nSPS) is 18.5. The van der Waals surface area contributed by atoms with E-state index < -0.39 is 0 Å². The van der Waals surface area contributed by atoms with Crippen molar-refractivity contribution >= 4 is 23.2 Å². The van der Waals surface area contributed by atoms with Crippen LogP contribution >= 0.6 is 11.3 Å². The standard InChI is InChI=1S/C23H29N3O2S/c1-14-4-6-18(7-5-14)22-24-16(3)20(29-22)23(28)26-12-10-17(11-13-26)15(2)21(27)25-19-8-9-19/h4-7,15,17,19H,8-13H2,1-3H3,(H,25,27)/t15-/m1/s1. The molecule has 1 saturated heterocycles. The predicted molar refractivity (Wildman–Crippen MR) is 116 cm³/mol. The maximum atomic E-state index is 13.1. The van der Waals surface area contributed by atoms with Gasteiger partial charge in [-0.25, -0.2) is 4.98 Å². The van der Waals surface area contributed by atoms with Gasteiger partial charge in [-0.1, -0.05) is 36.8 Å². The fraction of sp³-hybridized carbons (Fsp3) is 0.522. The molecule has 2 aliphatic rings. The van der Waals surface area contributed by atoms with E-state index in [1.165, 1.54) is 16.9 Å². The van der Waals surface area contributed by atoms with Crippen LogP contribution in [0.5, 0.6) is 0 Å². The smallest absolute Gasteiger partial charge is 0.265 e. The van der Waals surface area contributed by atoms with Crippen LogP contribution < -0.4 is 5.32 Å². The summed E-state index contributed by atoms with van der Waals surface area (Å²) in [5.41, 5.74) is 3.06. The fourth-order valence-electron chi connectivity index (χ4n) is 3.93. The van der Waals surface area contributed by atoms with Crippen molar-refractivity contribution in [3.63, 3.8) is 0 Å². The Morgan fingerprint density at radius 3 is 2.38 bits per heavy atom. The number of aryl methyl sites for hydroxylation is 2. The molecule has 0 unspecified atom stereocenters. The number of likely N-dealkylation sites (tertiary alicyclic amines) is 1. The molecule has 2 heterocycles. The first kappa shape index (κ1) is 20.1. The van der Waals surface area contributed by atoms with Crippen LogP contribution in [0.3, 0.4) is 0 Å². The van der Waals surface area contributed by atoms with E-state index in [-0.39, 0.29) is 17.7 Å². The molecular weight excluding hydrogens is 382 g/mol. The van der Waals surface area contributed by atoms with Crippen LogP contribution in [0.4, 0.5) is 0 Å². The van der Waals surface area contributed by atoms with Gasteiger partial charge in [0.15, 0.2) is 0 Å². The van der Waals surface area contributed by atoms with E-state index in [1.807, 2.05) is 18.7 Å². The van der Waals surface area contributed by atoms with Crippen molar-refractivity contribution < 1.29 is 9.59 Å². The molecule has 1 atom stereocenters. The molecule has 2 amide bonds. The van der Waals surface area contributed by atoms with Crippen molar-refractivity contribution in [1.29, 1.82) is 0 Å². The van der Waals surface area contributed by atoms with E-state index >= 15 is 0 Å². The minimum absolute atomic E-state index is 0.0196. The number of piperidine rings is 1. The molecule has 5 nitrogen and oxygen atoms in total. The summed E-state index contributed by atoms with van der Waals surface area (Å²) in [5.74, 6) is 0.625. The van der Waals surface area contributed by atoms with E-state index in [1.54, 1.807) is 0 Å². The fourth-order valence-corrected chi connectivity index (χ4v) is 4.97. The van der Waals surface area contributed by atoms with Crippen LogP contribution in [-0.2, 0) is 4.79 Å². The Hall–Kier alpha value is -2.21. The largest absolute Gasteiger partial charge is 0.353 e. The zero-order chi connectivity index (χ0) is 20.5. The number of aromatic nitrogens is 1. The number of hydrogen-bond acceptors (Lipinski definition) is 4. The Morgan fingerprint density at radius 1 is 1.10 bits per heavy atom. The molecule has 1 saturated carbocycles. The van der Waals surface area contributed by atoms with Gasteiger partial charge < -0.3 is 10.2 Å². The lowest BCUT2D eigenvalue weighted by atomic mass is 9.84. The van der Waals surface area contributed by atoms with Crippen LogP contribution in [0.25, 0.3) is 10.6 Å². The van der Waals surface area contributed by atoms with Crippen molar-refractivity contribution in [2.24, 2.45) is 11.8 Å². The lowest BCUT2D eigenvalue weighted by Crippen LogP contribution is -2.43. The molecule has 1 N–H and O–H groups in total. The highest BCUT2D eigenvalue weighted by atomic mass is 32.1. The topological polar surface area (TPSA) is 62.3 Å². The monoisotopic (exact) mass is 411 g/mol. The Balaban J connectivity index is 1.38. The lowest BCUT2D eigenvalue weighted by molar-refractivity contribution is -0.126. The maximum absolute atomic E-state index is 13.1. The molecule has 1 aromatic heterocycles. The Bertz CT molecular complexity index is 893. The Labute approximate surface area is 176 Å². The van der Waals surface area contributed by atoms with Gasteiger partial charge in [0.25, 0.3) is 5.91 Å². The SMILES string of the molecule is Cc1ccc(-c2nc(C)c(C(=O)N3CCC([C@@H](C)C(=O)NC4CC4)CC3)s2)cc1. The first-order chi connectivity index (χ1) is 13.9. The second kappa shape index (κ2) is 8.27. The number of benzene rings is 1. The minimum atomic E-state index is 0.0196. The molecule has 1 aliphatic heterocycles. The van der Waals surface area contributed by atoms with Gasteiger partial charge in [0.2, 0.25) is 5.91 Å². The molecule has 0 bridgehead atoms. The maximum Gasteiger partial charge on any atom is 0.265 e. The molecule has 0 radical (unpaired) electrons. The summed E-state index contributed by atoms with van der Waals surface area (Å²) >= 11 is 1.48. The van der Waals surface area contributed by atoms with Crippen molar-refractivity contribution in [2.75, 3.05) is 13.1 Å². The zero-order valence-corrected chi connectivity index (χ0v) is 18.2. The van der Waals surface area contributed by atoms with E-state index in [0.29, 0.717) is 25.0 Å². The molecule has 2 aromatic rings. The highest BCUT2D eigenvalue weighted by molar-refractivity contribution is 7.17. The summed E-state index contributed by atoms with van der Waals surface area (Å²) in [5, 5.41) is 4.01. The van der Waals surface area contributed by atoms with Crippen LogP contribution in [0.1, 0.15) is 53.5 Å². The molecule has 4 rings (SSSR count). The van der Waals surface area contributed by atoms with Crippen LogP contribution in [0.2, 0.25) is 0 Å². The van der Waals surface area contributed by atoms with Crippen LogP contribution in [0.15, 0.2) is 24.3 Å². The number of rotatable bonds is 5. The average Bonchev–Trinajstić information content (AvgIpc) is 3.46. The molecule has 1 aromatic carbocycles. The average molecular weight is 412 g/mol. The molecule has 1 aliphatic carbocycles. The number of hydrogen-bond donors (Lipinski definition) is 1. The van der Waals surface area contributed by atoms with Gasteiger partial charge in [-0.15, -0.1) is 11.3 Å². The summed E-state index contributed by atoms with van der Waals surface area (Å²) in [6.45, 7) is 7.43. The third kappa shape index (κ3) is 4.53. The molecule has 6 heteroatoms. The van der Waals surface area contributed by atoms with Crippen molar-refractivity contribution in [3.05, 3.63) is 40.4 Å². The third-order valence-electron chi connectivity index (χ3n) is 6.16. The number of amides is 2. The number of carbonyl (C=O) groups excluding carboxylic acids is 2. The zero-order valence-electron chi connectivity index (χ0n) is 17.4. The third-order valence-corrected chi connectivity index (χ3v) is 7.36. The first-order valence-electron chi connectivity index (χ1n) is 10.6. The minimum Gasteiger partial charge on any atom is -0.353 e. The van der Waals surface area contributed by atoms with E-state index in [2.05, 4.69) is 41.5 Å². The van der Waals surface area contributed by atoms with Gasteiger partial charge >= 0.3 is 0 Å². The number of nitrogens with one attached hydrogen (secondary N) is 1. The van der Waals surface area contributed by atoms with E-state index in [9.17, 15) is 9.59 Å². The van der Waals surface area contributed by atoms with Crippen molar-refractivity contribution in [1.82, 2.24) is 15.2 Å². The lowest BCUT2D eigenvalue weighted by Gasteiger charge is -2.34. The van der Waals surface area contributed by atoms with E-state index in [4.69, 9.17) is 0 Å². The van der Waals surface area contributed by atoms with Crippen LogP contribution in [0, 0.1) is 25.7 Å². The van der Waals surface area contributed by atoms with Gasteiger partial charge in [0, 0.05) is 30.6 Å². The summed E-state index contributed by atoms with van der Waals surface area (Å²) in [4.78, 5) is 32.7. The van der Waals surface area contributed by atoms with Gasteiger partial charge in [0.1, 0.15) is 9.88 Å². The molecule has 2 fully saturated rings. The van der Waals surface area contributed by atoms with Crippen molar-refractivity contribution in [2.45, 2.75) is 52.5 Å². The predicted octanol–water partition coefficient (Wildman–Crippen LogP) is 4.19. The summed E-state index contributed by atoms with van der Waals surface area (Å²) in [6.07, 6.45) is 4.00. The van der Waals surface area contributed by atoms with Crippen LogP contribution in [-0.4, -0.2) is 40.8 Å². The number of carbonyl (C=O) groups is 2. The highest BCUT2D eigenvalue weighted by Crippen LogP contribution is 2.31. The van der Waals surface area contributed by atoms with Crippen molar-refractivity contribution in [3.8, 4) is 10.6 Å². The quantitative estimate of drug-likeness (QED) is 0.802. The molecule has 29 heavy (non-hydrogen) atoms. The summed E-state index contributed by atoms with van der Waals surface area (Å²) < 4.78 is 0. The summed E-state index contributed by atoms with van der Waals surface area (Å²) in [7, 11) is 0. The van der Waals surface area contributed by atoms with Gasteiger partial charge in [-0.05, 0) is 45.4 Å². The first-order valence-corrected chi connectivity index (χ1v) is 11.4. The van der Waals surface area contributed by atoms with E-state index in [0.717, 1.165) is 46.8 Å². The Kier molecular flexibility index (Phi) is 5.72. The molecule has 0 spiro atoms. The second-order valence-corrected chi connectivity index (χ2v) is 9.50. The molecule has 154 valence electrons. The summed E-state index contributed by atoms with van der Waals surface area (Å²) in [6, 6.07) is 8.66. The second-order valence-electron chi connectivity index (χ2n) is 8.50. The number of nitrogens with zero attached hydrogens (tertiary/aromatic N) is 2.